The van der Waals surface area contributed by atoms with E-state index in [9.17, 15) is 21.6 Å². The van der Waals surface area contributed by atoms with Gasteiger partial charge in [-0.15, -0.1) is 0 Å². The fourth-order valence-corrected chi connectivity index (χ4v) is 4.50. The normalized spacial score (nSPS) is 14.6. The Morgan fingerprint density at radius 1 is 1.00 bits per heavy atom. The number of aryl methyl sites for hydroxylation is 1. The molecule has 0 bridgehead atoms. The zero-order valence-electron chi connectivity index (χ0n) is 15.3. The average molecular weight is 421 g/mol. The van der Waals surface area contributed by atoms with Gasteiger partial charge in [0.1, 0.15) is 4.90 Å². The smallest absolute Gasteiger partial charge is 0.231 e. The number of primary sulfonamides is 1. The number of benzene rings is 2. The number of para-hydroxylation sites is 1. The van der Waals surface area contributed by atoms with Crippen molar-refractivity contribution in [2.75, 3.05) is 0 Å². The summed E-state index contributed by atoms with van der Waals surface area (Å²) in [4.78, 5) is -0.289. The second kappa shape index (κ2) is 7.00. The van der Waals surface area contributed by atoms with E-state index in [1.54, 1.807) is 12.1 Å². The number of rotatable bonds is 3. The van der Waals surface area contributed by atoms with E-state index in [0.29, 0.717) is 5.56 Å². The van der Waals surface area contributed by atoms with E-state index in [1.165, 1.54) is 24.3 Å². The van der Waals surface area contributed by atoms with Gasteiger partial charge in [0.25, 0.3) is 0 Å². The van der Waals surface area contributed by atoms with Crippen molar-refractivity contribution in [2.45, 2.75) is 36.8 Å². The van der Waals surface area contributed by atoms with Crippen LogP contribution in [0.15, 0.2) is 53.4 Å². The Hall–Kier alpha value is -2.65. The van der Waals surface area contributed by atoms with Gasteiger partial charge in [0.15, 0.2) is 5.69 Å². The zero-order valence-corrected chi connectivity index (χ0v) is 16.1. The molecular formula is C20H18F3N3O2S. The molecule has 0 saturated carbocycles. The molecule has 3 aromatic rings. The van der Waals surface area contributed by atoms with Crippen LogP contribution >= 0.6 is 0 Å². The molecule has 4 rings (SSSR count). The molecule has 2 N–H and O–H groups in total. The van der Waals surface area contributed by atoms with Crippen LogP contribution in [0.1, 0.15) is 29.7 Å². The number of hydrogen-bond acceptors (Lipinski definition) is 3. The molecule has 0 amide bonds. The van der Waals surface area contributed by atoms with E-state index < -0.39 is 21.9 Å². The Morgan fingerprint density at radius 3 is 2.45 bits per heavy atom. The van der Waals surface area contributed by atoms with E-state index in [-0.39, 0.29) is 16.3 Å². The molecule has 0 aliphatic heterocycles. The number of aromatic nitrogens is 2. The third-order valence-corrected chi connectivity index (χ3v) is 6.03. The van der Waals surface area contributed by atoms with Crippen LogP contribution in [0.4, 0.5) is 13.2 Å². The summed E-state index contributed by atoms with van der Waals surface area (Å²) in [5, 5.41) is 9.02. The van der Waals surface area contributed by atoms with Crippen molar-refractivity contribution in [3.05, 3.63) is 65.4 Å². The van der Waals surface area contributed by atoms with Crippen molar-refractivity contribution < 1.29 is 21.6 Å². The molecule has 152 valence electrons. The summed E-state index contributed by atoms with van der Waals surface area (Å²) < 4.78 is 65.5. The molecule has 0 unspecified atom stereocenters. The lowest BCUT2D eigenvalue weighted by Gasteiger charge is -2.20. The summed E-state index contributed by atoms with van der Waals surface area (Å²) in [6.45, 7) is 0. The fourth-order valence-electron chi connectivity index (χ4n) is 3.79. The summed E-state index contributed by atoms with van der Waals surface area (Å²) in [6.07, 6.45) is -1.10. The fraction of sp³-hybridized carbons (Fsp3) is 0.250. The molecule has 1 aliphatic carbocycles. The van der Waals surface area contributed by atoms with Gasteiger partial charge in [-0.05, 0) is 55.0 Å². The van der Waals surface area contributed by atoms with Crippen molar-refractivity contribution >= 4 is 10.0 Å². The highest BCUT2D eigenvalue weighted by Gasteiger charge is 2.36. The first kappa shape index (κ1) is 19.7. The summed E-state index contributed by atoms with van der Waals surface area (Å²) in [7, 11) is -4.17. The maximum atomic E-state index is 13.5. The Morgan fingerprint density at radius 2 is 1.72 bits per heavy atom. The van der Waals surface area contributed by atoms with Crippen LogP contribution in [0.25, 0.3) is 16.9 Å². The van der Waals surface area contributed by atoms with Crippen LogP contribution in [0.5, 0.6) is 0 Å². The summed E-state index contributed by atoms with van der Waals surface area (Å²) in [6, 6.07) is 12.1. The van der Waals surface area contributed by atoms with Gasteiger partial charge in [-0.25, -0.2) is 18.2 Å². The second-order valence-corrected chi connectivity index (χ2v) is 8.52. The Bertz CT molecular complexity index is 1180. The first-order valence-corrected chi connectivity index (χ1v) is 10.6. The number of nitrogens with two attached hydrogens (primary N) is 1. The highest BCUT2D eigenvalue weighted by Crippen LogP contribution is 2.37. The summed E-state index contributed by atoms with van der Waals surface area (Å²) in [5.41, 5.74) is 1.76. The van der Waals surface area contributed by atoms with E-state index in [2.05, 4.69) is 5.10 Å². The Labute approximate surface area is 166 Å². The number of halogens is 3. The second-order valence-electron chi connectivity index (χ2n) is 6.99. The standard InChI is InChI=1S/C20H18F3N3O2S/c21-20(22,23)19-12-17(15-9-5-7-13-6-1-2-8-14(13)15)26(25-19)16-10-3-4-11-18(16)29(24,27)28/h3-5,7,9-12H,1-2,6,8H2,(H2,24,27,28). The van der Waals surface area contributed by atoms with Crippen molar-refractivity contribution in [3.8, 4) is 16.9 Å². The molecule has 1 heterocycles. The van der Waals surface area contributed by atoms with Gasteiger partial charge in [-0.2, -0.15) is 18.3 Å². The lowest BCUT2D eigenvalue weighted by atomic mass is 9.87. The number of nitrogens with zero attached hydrogens (tertiary/aromatic N) is 2. The first-order chi connectivity index (χ1) is 13.7. The van der Waals surface area contributed by atoms with Crippen LogP contribution in [-0.2, 0) is 29.0 Å². The van der Waals surface area contributed by atoms with Crippen molar-refractivity contribution in [1.82, 2.24) is 9.78 Å². The molecule has 0 fully saturated rings. The molecule has 0 saturated heterocycles. The van der Waals surface area contributed by atoms with Crippen LogP contribution in [0.3, 0.4) is 0 Å². The van der Waals surface area contributed by atoms with Gasteiger partial charge < -0.3 is 0 Å². The monoisotopic (exact) mass is 421 g/mol. The number of hydrogen-bond donors (Lipinski definition) is 1. The van der Waals surface area contributed by atoms with E-state index in [0.717, 1.165) is 47.6 Å². The largest absolute Gasteiger partial charge is 0.435 e. The van der Waals surface area contributed by atoms with Gasteiger partial charge in [-0.1, -0.05) is 30.3 Å². The predicted octanol–water partition coefficient (Wildman–Crippen LogP) is 4.08. The SMILES string of the molecule is NS(=O)(=O)c1ccccc1-n1nc(C(F)(F)F)cc1-c1cccc2c1CCCC2. The molecule has 0 spiro atoms. The molecule has 2 aromatic carbocycles. The Kier molecular flexibility index (Phi) is 4.74. The third-order valence-electron chi connectivity index (χ3n) is 5.07. The molecule has 1 aliphatic rings. The van der Waals surface area contributed by atoms with E-state index >= 15 is 0 Å². The van der Waals surface area contributed by atoms with Crippen LogP contribution in [0.2, 0.25) is 0 Å². The number of alkyl halides is 3. The van der Waals surface area contributed by atoms with Crippen LogP contribution in [-0.4, -0.2) is 18.2 Å². The minimum atomic E-state index is -4.68. The minimum absolute atomic E-state index is 0.0195. The van der Waals surface area contributed by atoms with Crippen molar-refractivity contribution in [1.29, 1.82) is 0 Å². The quantitative estimate of drug-likeness (QED) is 0.692. The maximum absolute atomic E-state index is 13.5. The molecule has 0 radical (unpaired) electrons. The average Bonchev–Trinajstić information content (AvgIpc) is 3.12. The van der Waals surface area contributed by atoms with Crippen molar-refractivity contribution in [3.63, 3.8) is 0 Å². The topological polar surface area (TPSA) is 78.0 Å². The number of sulfonamides is 1. The van der Waals surface area contributed by atoms with Crippen LogP contribution < -0.4 is 5.14 Å². The first-order valence-electron chi connectivity index (χ1n) is 9.07. The van der Waals surface area contributed by atoms with Gasteiger partial charge >= 0.3 is 6.18 Å². The molecule has 0 atom stereocenters. The highest BCUT2D eigenvalue weighted by atomic mass is 32.2. The minimum Gasteiger partial charge on any atom is -0.231 e. The third kappa shape index (κ3) is 3.67. The summed E-state index contributed by atoms with van der Waals surface area (Å²) >= 11 is 0. The molecule has 5 nitrogen and oxygen atoms in total. The lowest BCUT2D eigenvalue weighted by Crippen LogP contribution is -2.16. The highest BCUT2D eigenvalue weighted by molar-refractivity contribution is 7.89. The van der Waals surface area contributed by atoms with Gasteiger partial charge in [0, 0.05) is 5.56 Å². The zero-order chi connectivity index (χ0) is 20.8. The molecule has 9 heteroatoms. The molecule has 1 aromatic heterocycles. The van der Waals surface area contributed by atoms with Gasteiger partial charge in [0.2, 0.25) is 10.0 Å². The predicted molar refractivity (Wildman–Crippen MR) is 102 cm³/mol. The molecular weight excluding hydrogens is 403 g/mol. The Balaban J connectivity index is 2.02. The van der Waals surface area contributed by atoms with E-state index in [1.807, 2.05) is 6.07 Å². The van der Waals surface area contributed by atoms with E-state index in [4.69, 9.17) is 5.14 Å². The maximum Gasteiger partial charge on any atom is 0.435 e. The van der Waals surface area contributed by atoms with Gasteiger partial charge in [-0.3, -0.25) is 0 Å². The van der Waals surface area contributed by atoms with Crippen LogP contribution in [0, 0.1) is 0 Å². The lowest BCUT2D eigenvalue weighted by molar-refractivity contribution is -0.141. The van der Waals surface area contributed by atoms with Gasteiger partial charge in [0.05, 0.1) is 11.4 Å². The molecule has 29 heavy (non-hydrogen) atoms. The number of fused-ring (bicyclic) bond motifs is 1. The summed E-state index contributed by atoms with van der Waals surface area (Å²) in [5.74, 6) is 0. The van der Waals surface area contributed by atoms with Crippen molar-refractivity contribution in [2.24, 2.45) is 5.14 Å².